The molecule has 0 fully saturated rings. The number of methoxy groups -OCH3 is 1. The van der Waals surface area contributed by atoms with E-state index in [0.29, 0.717) is 19.8 Å². The van der Waals surface area contributed by atoms with Crippen LogP contribution in [-0.2, 0) is 9.53 Å². The van der Waals surface area contributed by atoms with E-state index in [-0.39, 0.29) is 11.9 Å². The van der Waals surface area contributed by atoms with Crippen LogP contribution in [0.2, 0.25) is 0 Å². The first kappa shape index (κ1) is 16.5. The van der Waals surface area contributed by atoms with Crippen LogP contribution in [0.1, 0.15) is 13.3 Å². The molecule has 5 heteroatoms. The van der Waals surface area contributed by atoms with Gasteiger partial charge in [-0.3, -0.25) is 9.69 Å². The zero-order valence-corrected chi connectivity index (χ0v) is 12.2. The number of carbonyl (C=O) groups excluding carboxylic acids is 1. The van der Waals surface area contributed by atoms with Crippen LogP contribution >= 0.6 is 0 Å². The van der Waals surface area contributed by atoms with Crippen molar-refractivity contribution in [3.8, 4) is 5.75 Å². The van der Waals surface area contributed by atoms with Gasteiger partial charge in [0.2, 0.25) is 5.91 Å². The standard InChI is InChI=1S/C15H24N2O3/c1-13(15(16)18)17(10-12-19-2)9-6-11-20-14-7-4-3-5-8-14/h3-5,7-8,13H,6,9-12H2,1-2H3,(H2,16,18). The number of hydrogen-bond acceptors (Lipinski definition) is 4. The van der Waals surface area contributed by atoms with E-state index in [2.05, 4.69) is 0 Å². The van der Waals surface area contributed by atoms with Gasteiger partial charge < -0.3 is 15.2 Å². The van der Waals surface area contributed by atoms with Crippen LogP contribution in [0.5, 0.6) is 5.75 Å². The molecule has 1 rings (SSSR count). The first-order chi connectivity index (χ1) is 9.65. The van der Waals surface area contributed by atoms with Crippen LogP contribution in [0.3, 0.4) is 0 Å². The van der Waals surface area contributed by atoms with Crippen molar-refractivity contribution in [2.24, 2.45) is 5.73 Å². The molecule has 0 spiro atoms. The quantitative estimate of drug-likeness (QED) is 0.656. The van der Waals surface area contributed by atoms with E-state index < -0.39 is 0 Å². The Labute approximate surface area is 120 Å². The van der Waals surface area contributed by atoms with Crippen LogP contribution in [0, 0.1) is 0 Å². The van der Waals surface area contributed by atoms with E-state index in [9.17, 15) is 4.79 Å². The molecule has 1 unspecified atom stereocenters. The second kappa shape index (κ2) is 9.34. The van der Waals surface area contributed by atoms with E-state index in [1.165, 1.54) is 0 Å². The van der Waals surface area contributed by atoms with E-state index in [1.54, 1.807) is 7.11 Å². The number of ether oxygens (including phenoxy) is 2. The fourth-order valence-corrected chi connectivity index (χ4v) is 1.86. The van der Waals surface area contributed by atoms with Crippen molar-refractivity contribution in [3.63, 3.8) is 0 Å². The summed E-state index contributed by atoms with van der Waals surface area (Å²) in [5.41, 5.74) is 5.35. The highest BCUT2D eigenvalue weighted by atomic mass is 16.5. The van der Waals surface area contributed by atoms with Crippen molar-refractivity contribution in [3.05, 3.63) is 30.3 Å². The number of carbonyl (C=O) groups is 1. The molecule has 0 radical (unpaired) electrons. The number of hydrogen-bond donors (Lipinski definition) is 1. The maximum atomic E-state index is 11.3. The van der Waals surface area contributed by atoms with Crippen molar-refractivity contribution in [2.75, 3.05) is 33.4 Å². The zero-order chi connectivity index (χ0) is 14.8. The van der Waals surface area contributed by atoms with E-state index in [0.717, 1.165) is 18.7 Å². The van der Waals surface area contributed by atoms with Gasteiger partial charge in [-0.15, -0.1) is 0 Å². The van der Waals surface area contributed by atoms with Crippen molar-refractivity contribution >= 4 is 5.91 Å². The van der Waals surface area contributed by atoms with Gasteiger partial charge in [-0.05, 0) is 25.5 Å². The Balaban J connectivity index is 2.32. The molecule has 0 bridgehead atoms. The molecule has 0 aliphatic rings. The third-order valence-corrected chi connectivity index (χ3v) is 3.14. The molecule has 0 aliphatic heterocycles. The monoisotopic (exact) mass is 280 g/mol. The van der Waals surface area contributed by atoms with Gasteiger partial charge in [0, 0.05) is 20.2 Å². The Morgan fingerprint density at radius 2 is 1.95 bits per heavy atom. The predicted molar refractivity (Wildman–Crippen MR) is 78.7 cm³/mol. The second-order valence-electron chi connectivity index (χ2n) is 4.62. The molecule has 112 valence electrons. The molecule has 0 saturated heterocycles. The highest BCUT2D eigenvalue weighted by Crippen LogP contribution is 2.09. The zero-order valence-electron chi connectivity index (χ0n) is 12.2. The largest absolute Gasteiger partial charge is 0.494 e. The third kappa shape index (κ3) is 6.04. The Bertz CT molecular complexity index is 384. The minimum atomic E-state index is -0.315. The van der Waals surface area contributed by atoms with Gasteiger partial charge in [0.15, 0.2) is 0 Å². The van der Waals surface area contributed by atoms with Gasteiger partial charge in [-0.2, -0.15) is 0 Å². The Morgan fingerprint density at radius 1 is 1.25 bits per heavy atom. The Kier molecular flexibility index (Phi) is 7.69. The molecule has 5 nitrogen and oxygen atoms in total. The van der Waals surface area contributed by atoms with Crippen LogP contribution in [0.4, 0.5) is 0 Å². The van der Waals surface area contributed by atoms with Gasteiger partial charge in [0.25, 0.3) is 0 Å². The van der Waals surface area contributed by atoms with Gasteiger partial charge >= 0.3 is 0 Å². The van der Waals surface area contributed by atoms with Crippen LogP contribution in [0.15, 0.2) is 30.3 Å². The minimum Gasteiger partial charge on any atom is -0.494 e. The lowest BCUT2D eigenvalue weighted by molar-refractivity contribution is -0.122. The van der Waals surface area contributed by atoms with Crippen molar-refractivity contribution in [2.45, 2.75) is 19.4 Å². The molecule has 1 amide bonds. The van der Waals surface area contributed by atoms with Gasteiger partial charge in [0.05, 0.1) is 19.3 Å². The molecule has 0 aliphatic carbocycles. The molecule has 20 heavy (non-hydrogen) atoms. The molecule has 1 aromatic carbocycles. The normalized spacial score (nSPS) is 12.3. The second-order valence-corrected chi connectivity index (χ2v) is 4.62. The molecule has 0 aromatic heterocycles. The highest BCUT2D eigenvalue weighted by molar-refractivity contribution is 5.79. The number of amides is 1. The lowest BCUT2D eigenvalue weighted by atomic mass is 10.2. The van der Waals surface area contributed by atoms with Gasteiger partial charge in [0.1, 0.15) is 5.75 Å². The number of para-hydroxylation sites is 1. The van der Waals surface area contributed by atoms with Crippen molar-refractivity contribution in [1.29, 1.82) is 0 Å². The maximum absolute atomic E-state index is 11.3. The highest BCUT2D eigenvalue weighted by Gasteiger charge is 2.17. The van der Waals surface area contributed by atoms with Crippen molar-refractivity contribution < 1.29 is 14.3 Å². The summed E-state index contributed by atoms with van der Waals surface area (Å²) in [4.78, 5) is 13.3. The summed E-state index contributed by atoms with van der Waals surface area (Å²) in [6, 6.07) is 9.39. The number of rotatable bonds is 10. The average Bonchev–Trinajstić information content (AvgIpc) is 2.47. The van der Waals surface area contributed by atoms with Crippen LogP contribution < -0.4 is 10.5 Å². The summed E-state index contributed by atoms with van der Waals surface area (Å²) in [6.45, 7) is 4.44. The summed E-state index contributed by atoms with van der Waals surface area (Å²) >= 11 is 0. The molecular formula is C15H24N2O3. The predicted octanol–water partition coefficient (Wildman–Crippen LogP) is 1.28. The smallest absolute Gasteiger partial charge is 0.234 e. The van der Waals surface area contributed by atoms with E-state index in [1.807, 2.05) is 42.2 Å². The molecular weight excluding hydrogens is 256 g/mol. The van der Waals surface area contributed by atoms with Crippen LogP contribution in [-0.4, -0.2) is 50.3 Å². The van der Waals surface area contributed by atoms with E-state index >= 15 is 0 Å². The molecule has 0 heterocycles. The molecule has 0 saturated carbocycles. The topological polar surface area (TPSA) is 64.8 Å². The minimum absolute atomic E-state index is 0.290. The fourth-order valence-electron chi connectivity index (χ4n) is 1.86. The van der Waals surface area contributed by atoms with Crippen molar-refractivity contribution in [1.82, 2.24) is 4.90 Å². The summed E-state index contributed by atoms with van der Waals surface area (Å²) in [5, 5.41) is 0. The molecule has 1 atom stereocenters. The molecule has 2 N–H and O–H groups in total. The van der Waals surface area contributed by atoms with Gasteiger partial charge in [-0.1, -0.05) is 18.2 Å². The third-order valence-electron chi connectivity index (χ3n) is 3.14. The number of nitrogens with zero attached hydrogens (tertiary/aromatic N) is 1. The molecule has 1 aromatic rings. The summed E-state index contributed by atoms with van der Waals surface area (Å²) in [6.07, 6.45) is 0.830. The summed E-state index contributed by atoms with van der Waals surface area (Å²) in [7, 11) is 1.64. The fraction of sp³-hybridized carbons (Fsp3) is 0.533. The van der Waals surface area contributed by atoms with Crippen LogP contribution in [0.25, 0.3) is 0 Å². The number of primary amides is 1. The lowest BCUT2D eigenvalue weighted by Gasteiger charge is -2.26. The Hall–Kier alpha value is -1.59. The SMILES string of the molecule is COCCN(CCCOc1ccccc1)C(C)C(N)=O. The maximum Gasteiger partial charge on any atom is 0.234 e. The number of benzene rings is 1. The summed E-state index contributed by atoms with van der Waals surface area (Å²) in [5.74, 6) is 0.545. The first-order valence-electron chi connectivity index (χ1n) is 6.85. The Morgan fingerprint density at radius 3 is 2.55 bits per heavy atom. The van der Waals surface area contributed by atoms with Gasteiger partial charge in [-0.25, -0.2) is 0 Å². The number of nitrogens with two attached hydrogens (primary N) is 1. The lowest BCUT2D eigenvalue weighted by Crippen LogP contribution is -2.44. The summed E-state index contributed by atoms with van der Waals surface area (Å²) < 4.78 is 10.7. The van der Waals surface area contributed by atoms with E-state index in [4.69, 9.17) is 15.2 Å². The average molecular weight is 280 g/mol. The first-order valence-corrected chi connectivity index (χ1v) is 6.85.